The minimum atomic E-state index is -0.853. The third-order valence-electron chi connectivity index (χ3n) is 3.91. The Hall–Kier alpha value is -1.63. The van der Waals surface area contributed by atoms with Gasteiger partial charge in [0.05, 0.1) is 0 Å². The molecule has 3 N–H and O–H groups in total. The number of carbonyl (C=O) groups is 3. The number of urea groups is 1. The maximum atomic E-state index is 12.3. The van der Waals surface area contributed by atoms with Gasteiger partial charge in [-0.05, 0) is 26.3 Å². The van der Waals surface area contributed by atoms with Gasteiger partial charge < -0.3 is 16.0 Å². The van der Waals surface area contributed by atoms with Crippen molar-refractivity contribution in [3.05, 3.63) is 0 Å². The quantitative estimate of drug-likeness (QED) is 0.559. The highest BCUT2D eigenvalue weighted by atomic mass is 16.2. The van der Waals surface area contributed by atoms with Crippen molar-refractivity contribution in [3.63, 3.8) is 0 Å². The van der Waals surface area contributed by atoms with E-state index in [0.717, 1.165) is 11.4 Å². The van der Waals surface area contributed by atoms with Gasteiger partial charge in [-0.15, -0.1) is 0 Å². The highest BCUT2D eigenvalue weighted by Crippen LogP contribution is 2.24. The van der Waals surface area contributed by atoms with E-state index in [9.17, 15) is 14.4 Å². The summed E-state index contributed by atoms with van der Waals surface area (Å²) in [7, 11) is 0. The first-order valence-corrected chi connectivity index (χ1v) is 7.54. The maximum absolute atomic E-state index is 12.3. The first kappa shape index (κ1) is 17.4. The lowest BCUT2D eigenvalue weighted by molar-refractivity contribution is -0.135. The van der Waals surface area contributed by atoms with Crippen molar-refractivity contribution in [2.24, 2.45) is 0 Å². The van der Waals surface area contributed by atoms with Gasteiger partial charge in [0.2, 0.25) is 5.91 Å². The molecule has 0 saturated carbocycles. The van der Waals surface area contributed by atoms with E-state index in [0.29, 0.717) is 19.4 Å². The van der Waals surface area contributed by atoms with Gasteiger partial charge in [0, 0.05) is 12.6 Å². The van der Waals surface area contributed by atoms with Crippen LogP contribution < -0.4 is 16.0 Å². The van der Waals surface area contributed by atoms with Crippen LogP contribution in [0.2, 0.25) is 0 Å². The number of likely N-dealkylation sites (N-methyl/N-ethyl adjacent to an activating group) is 1. The zero-order valence-electron chi connectivity index (χ0n) is 13.3. The molecule has 4 amide bonds. The first-order chi connectivity index (χ1) is 9.90. The largest absolute Gasteiger partial charge is 0.353 e. The summed E-state index contributed by atoms with van der Waals surface area (Å²) >= 11 is 0. The second-order valence-corrected chi connectivity index (χ2v) is 5.37. The van der Waals surface area contributed by atoms with E-state index >= 15 is 0 Å². The SMILES string of the molecule is CCN[C@H](C)CNC(=O)CN1C(=O)NC(CC)(CC)C1=O. The number of nitrogens with zero attached hydrogens (tertiary/aromatic N) is 1. The third-order valence-corrected chi connectivity index (χ3v) is 3.91. The summed E-state index contributed by atoms with van der Waals surface area (Å²) in [6.45, 7) is 8.69. The summed E-state index contributed by atoms with van der Waals surface area (Å²) in [6.07, 6.45) is 1.04. The Bertz CT molecular complexity index is 407. The first-order valence-electron chi connectivity index (χ1n) is 7.54. The highest BCUT2D eigenvalue weighted by molar-refractivity contribution is 6.08. The van der Waals surface area contributed by atoms with Gasteiger partial charge in [-0.25, -0.2) is 4.79 Å². The molecule has 1 aliphatic heterocycles. The lowest BCUT2D eigenvalue weighted by atomic mass is 9.93. The normalized spacial score (nSPS) is 18.6. The van der Waals surface area contributed by atoms with Gasteiger partial charge in [-0.2, -0.15) is 0 Å². The van der Waals surface area contributed by atoms with Crippen molar-refractivity contribution in [1.29, 1.82) is 0 Å². The molecule has 1 aliphatic rings. The second kappa shape index (κ2) is 7.40. The molecule has 0 unspecified atom stereocenters. The predicted octanol–water partition coefficient (Wildman–Crippen LogP) is 0.211. The summed E-state index contributed by atoms with van der Waals surface area (Å²) < 4.78 is 0. The van der Waals surface area contributed by atoms with Gasteiger partial charge in [-0.3, -0.25) is 14.5 Å². The molecule has 21 heavy (non-hydrogen) atoms. The molecule has 7 heteroatoms. The van der Waals surface area contributed by atoms with E-state index < -0.39 is 11.6 Å². The summed E-state index contributed by atoms with van der Waals surface area (Å²) in [4.78, 5) is 37.1. The molecular weight excluding hydrogens is 272 g/mol. The molecule has 120 valence electrons. The van der Waals surface area contributed by atoms with Crippen molar-refractivity contribution in [2.75, 3.05) is 19.6 Å². The van der Waals surface area contributed by atoms with Crippen LogP contribution in [0.5, 0.6) is 0 Å². The molecule has 0 aromatic heterocycles. The van der Waals surface area contributed by atoms with Gasteiger partial charge in [0.25, 0.3) is 5.91 Å². The van der Waals surface area contributed by atoms with Crippen molar-refractivity contribution in [1.82, 2.24) is 20.9 Å². The molecule has 0 aliphatic carbocycles. The smallest absolute Gasteiger partial charge is 0.325 e. The Kier molecular flexibility index (Phi) is 6.14. The van der Waals surface area contributed by atoms with E-state index in [-0.39, 0.29) is 24.4 Å². The standard InChI is InChI=1S/C14H26N4O3/c1-5-14(6-2)12(20)18(13(21)17-14)9-11(19)16-8-10(4)15-7-3/h10,15H,5-9H2,1-4H3,(H,16,19)(H,17,21)/t10-/m1/s1. The minimum Gasteiger partial charge on any atom is -0.353 e. The van der Waals surface area contributed by atoms with Crippen molar-refractivity contribution in [3.8, 4) is 0 Å². The molecule has 1 atom stereocenters. The molecule has 0 aromatic carbocycles. The number of nitrogens with one attached hydrogen (secondary N) is 3. The van der Waals surface area contributed by atoms with Gasteiger partial charge >= 0.3 is 6.03 Å². The van der Waals surface area contributed by atoms with E-state index in [1.165, 1.54) is 0 Å². The van der Waals surface area contributed by atoms with Crippen molar-refractivity contribution in [2.45, 2.75) is 52.1 Å². The molecule has 7 nitrogen and oxygen atoms in total. The summed E-state index contributed by atoms with van der Waals surface area (Å²) in [5, 5.41) is 8.59. The molecule has 1 saturated heterocycles. The molecule has 0 aromatic rings. The Labute approximate surface area is 125 Å². The van der Waals surface area contributed by atoms with E-state index in [1.807, 2.05) is 27.7 Å². The second-order valence-electron chi connectivity index (χ2n) is 5.37. The number of imide groups is 1. The topological polar surface area (TPSA) is 90.5 Å². The average Bonchev–Trinajstić information content (AvgIpc) is 2.70. The molecular formula is C14H26N4O3. The Balaban J connectivity index is 2.56. The summed E-state index contributed by atoms with van der Waals surface area (Å²) in [5.74, 6) is -0.640. The van der Waals surface area contributed by atoms with Gasteiger partial charge in [0.15, 0.2) is 0 Å². The van der Waals surface area contributed by atoms with Crippen molar-refractivity contribution >= 4 is 17.8 Å². The van der Waals surface area contributed by atoms with Crippen LogP contribution in [0, 0.1) is 0 Å². The van der Waals surface area contributed by atoms with E-state index in [1.54, 1.807) is 0 Å². The Morgan fingerprint density at radius 2 is 1.90 bits per heavy atom. The summed E-state index contributed by atoms with van der Waals surface area (Å²) in [5.41, 5.74) is -0.853. The zero-order chi connectivity index (χ0) is 16.0. The van der Waals surface area contributed by atoms with Crippen molar-refractivity contribution < 1.29 is 14.4 Å². The van der Waals surface area contributed by atoms with Crippen LogP contribution in [0.1, 0.15) is 40.5 Å². The van der Waals surface area contributed by atoms with Crippen LogP contribution in [-0.4, -0.2) is 54.0 Å². The maximum Gasteiger partial charge on any atom is 0.325 e. The third kappa shape index (κ3) is 3.93. The van der Waals surface area contributed by atoms with Crippen LogP contribution in [0.25, 0.3) is 0 Å². The number of hydrogen-bond donors (Lipinski definition) is 3. The Morgan fingerprint density at radius 3 is 2.38 bits per heavy atom. The van der Waals surface area contributed by atoms with Crippen LogP contribution in [0.4, 0.5) is 4.79 Å². The van der Waals surface area contributed by atoms with Gasteiger partial charge in [0.1, 0.15) is 12.1 Å². The fourth-order valence-electron chi connectivity index (χ4n) is 2.44. The van der Waals surface area contributed by atoms with Crippen LogP contribution >= 0.6 is 0 Å². The summed E-state index contributed by atoms with van der Waals surface area (Å²) in [6, 6.07) is -0.342. The fourth-order valence-corrected chi connectivity index (χ4v) is 2.44. The van der Waals surface area contributed by atoms with Crippen LogP contribution in [-0.2, 0) is 9.59 Å². The molecule has 1 fully saturated rings. The lowest BCUT2D eigenvalue weighted by Crippen LogP contribution is -2.47. The predicted molar refractivity (Wildman–Crippen MR) is 79.7 cm³/mol. The van der Waals surface area contributed by atoms with Crippen LogP contribution in [0.15, 0.2) is 0 Å². The molecule has 0 radical (unpaired) electrons. The number of amides is 4. The lowest BCUT2D eigenvalue weighted by Gasteiger charge is -2.23. The Morgan fingerprint density at radius 1 is 1.29 bits per heavy atom. The minimum absolute atomic E-state index is 0.146. The van der Waals surface area contributed by atoms with Crippen LogP contribution in [0.3, 0.4) is 0 Å². The van der Waals surface area contributed by atoms with E-state index in [4.69, 9.17) is 0 Å². The molecule has 0 bridgehead atoms. The highest BCUT2D eigenvalue weighted by Gasteiger charge is 2.49. The molecule has 0 spiro atoms. The number of carbonyl (C=O) groups excluding carboxylic acids is 3. The fraction of sp³-hybridized carbons (Fsp3) is 0.786. The molecule has 1 rings (SSSR count). The monoisotopic (exact) mass is 298 g/mol. The number of hydrogen-bond acceptors (Lipinski definition) is 4. The number of rotatable bonds is 8. The molecule has 1 heterocycles. The van der Waals surface area contributed by atoms with Gasteiger partial charge in [-0.1, -0.05) is 20.8 Å². The zero-order valence-corrected chi connectivity index (χ0v) is 13.3. The average molecular weight is 298 g/mol. The van der Waals surface area contributed by atoms with E-state index in [2.05, 4.69) is 16.0 Å².